The molecule has 2 atom stereocenters. The molecule has 0 saturated heterocycles. The summed E-state index contributed by atoms with van der Waals surface area (Å²) in [6.45, 7) is 3.97. The normalized spacial score (nSPS) is 21.9. The zero-order valence-corrected chi connectivity index (χ0v) is 10.6. The highest BCUT2D eigenvalue weighted by Crippen LogP contribution is 2.45. The molecule has 5 nitrogen and oxygen atoms in total. The Morgan fingerprint density at radius 2 is 2.28 bits per heavy atom. The second-order valence-electron chi connectivity index (χ2n) is 4.79. The number of hydrogen-bond donors (Lipinski definition) is 3. The number of phenolic OH excluding ortho intramolecular Hbond substituents is 1. The van der Waals surface area contributed by atoms with E-state index in [2.05, 4.69) is 12.4 Å². The number of nitrogens with one attached hydrogen (secondary N) is 1. The molecular weight excluding hydrogens is 232 g/mol. The number of hydroxylamine groups is 1. The quantitative estimate of drug-likeness (QED) is 0.702. The lowest BCUT2D eigenvalue weighted by Crippen LogP contribution is -2.27. The summed E-state index contributed by atoms with van der Waals surface area (Å²) in [7, 11) is 0. The van der Waals surface area contributed by atoms with Gasteiger partial charge in [0.25, 0.3) is 0 Å². The fourth-order valence-electron chi connectivity index (χ4n) is 2.66. The fourth-order valence-corrected chi connectivity index (χ4v) is 2.66. The van der Waals surface area contributed by atoms with Gasteiger partial charge in [0.2, 0.25) is 5.91 Å². The summed E-state index contributed by atoms with van der Waals surface area (Å²) in [6, 6.07) is 3.50. The second kappa shape index (κ2) is 4.96. The molecule has 0 bridgehead atoms. The van der Waals surface area contributed by atoms with Crippen molar-refractivity contribution in [3.8, 4) is 5.75 Å². The van der Waals surface area contributed by atoms with Crippen molar-refractivity contribution in [2.75, 3.05) is 6.61 Å². The van der Waals surface area contributed by atoms with E-state index in [9.17, 15) is 9.90 Å². The third kappa shape index (κ3) is 2.32. The second-order valence-corrected chi connectivity index (χ2v) is 4.79. The predicted molar refractivity (Wildman–Crippen MR) is 66.9 cm³/mol. The number of carbonyl (C=O) groups excluding carboxylic acids is 1. The Bertz CT molecular complexity index is 474. The minimum absolute atomic E-state index is 0.103. The maximum absolute atomic E-state index is 10.6. The molecule has 1 amide bonds. The molecule has 98 valence electrons. The van der Waals surface area contributed by atoms with Crippen LogP contribution in [0.3, 0.4) is 0 Å². The molecule has 0 aromatic heterocycles. The van der Waals surface area contributed by atoms with Gasteiger partial charge in [-0.25, -0.2) is 0 Å². The zero-order chi connectivity index (χ0) is 13.3. The van der Waals surface area contributed by atoms with E-state index >= 15 is 0 Å². The standard InChI is InChI=1S/C13H18N2O3/c1-7-3-4-10(16)13-9(5-8(2)12(7)13)15-18-6-11(14)17/h3-4,8-9,15-16H,5-6H2,1-2H3,(H2,14,17). The Morgan fingerprint density at radius 1 is 1.56 bits per heavy atom. The Hall–Kier alpha value is -1.59. The van der Waals surface area contributed by atoms with Gasteiger partial charge in [-0.2, -0.15) is 5.48 Å². The van der Waals surface area contributed by atoms with Gasteiger partial charge in [0.1, 0.15) is 12.4 Å². The summed E-state index contributed by atoms with van der Waals surface area (Å²) in [6.07, 6.45) is 0.826. The van der Waals surface area contributed by atoms with Crippen LogP contribution in [0.15, 0.2) is 12.1 Å². The SMILES string of the molecule is Cc1ccc(O)c2c1C(C)CC2NOCC(N)=O. The molecule has 1 aromatic carbocycles. The summed E-state index contributed by atoms with van der Waals surface area (Å²) in [5, 5.41) is 9.97. The van der Waals surface area contributed by atoms with Crippen LogP contribution in [-0.4, -0.2) is 17.6 Å². The van der Waals surface area contributed by atoms with Gasteiger partial charge >= 0.3 is 0 Å². The minimum Gasteiger partial charge on any atom is -0.508 e. The minimum atomic E-state index is -0.526. The zero-order valence-electron chi connectivity index (χ0n) is 10.6. The van der Waals surface area contributed by atoms with Crippen LogP contribution < -0.4 is 11.2 Å². The molecule has 2 rings (SSSR count). The number of fused-ring (bicyclic) bond motifs is 1. The number of aryl methyl sites for hydroxylation is 1. The maximum Gasteiger partial charge on any atom is 0.245 e. The molecular formula is C13H18N2O3. The molecule has 2 unspecified atom stereocenters. The average molecular weight is 250 g/mol. The molecule has 4 N–H and O–H groups in total. The van der Waals surface area contributed by atoms with Crippen molar-refractivity contribution in [2.45, 2.75) is 32.2 Å². The average Bonchev–Trinajstić information content (AvgIpc) is 2.62. The third-order valence-electron chi connectivity index (χ3n) is 3.35. The molecule has 1 aromatic rings. The number of carbonyl (C=O) groups is 1. The Kier molecular flexibility index (Phi) is 3.54. The van der Waals surface area contributed by atoms with E-state index in [0.717, 1.165) is 23.1 Å². The highest BCUT2D eigenvalue weighted by molar-refractivity contribution is 5.74. The predicted octanol–water partition coefficient (Wildman–Crippen LogP) is 1.26. The van der Waals surface area contributed by atoms with Crippen molar-refractivity contribution in [1.82, 2.24) is 5.48 Å². The lowest BCUT2D eigenvalue weighted by atomic mass is 9.97. The summed E-state index contributed by atoms with van der Waals surface area (Å²) in [4.78, 5) is 15.7. The number of aromatic hydroxyl groups is 1. The highest BCUT2D eigenvalue weighted by atomic mass is 16.6. The molecule has 0 fully saturated rings. The van der Waals surface area contributed by atoms with Crippen LogP contribution in [0.5, 0.6) is 5.75 Å². The summed E-state index contributed by atoms with van der Waals surface area (Å²) in [5.74, 6) is 0.0872. The van der Waals surface area contributed by atoms with Crippen LogP contribution >= 0.6 is 0 Å². The van der Waals surface area contributed by atoms with Gasteiger partial charge < -0.3 is 10.8 Å². The molecule has 18 heavy (non-hydrogen) atoms. The number of benzene rings is 1. The first-order valence-corrected chi connectivity index (χ1v) is 5.98. The number of rotatable bonds is 4. The van der Waals surface area contributed by atoms with Crippen molar-refractivity contribution >= 4 is 5.91 Å². The molecule has 0 radical (unpaired) electrons. The van der Waals surface area contributed by atoms with Gasteiger partial charge in [-0.3, -0.25) is 9.63 Å². The van der Waals surface area contributed by atoms with E-state index < -0.39 is 5.91 Å². The Morgan fingerprint density at radius 3 is 2.94 bits per heavy atom. The van der Waals surface area contributed by atoms with Gasteiger partial charge in [-0.05, 0) is 36.5 Å². The topological polar surface area (TPSA) is 84.6 Å². The van der Waals surface area contributed by atoms with Crippen molar-refractivity contribution in [2.24, 2.45) is 5.73 Å². The van der Waals surface area contributed by atoms with Gasteiger partial charge in [0.15, 0.2) is 0 Å². The monoisotopic (exact) mass is 250 g/mol. The van der Waals surface area contributed by atoms with Gasteiger partial charge in [-0.15, -0.1) is 0 Å². The summed E-state index contributed by atoms with van der Waals surface area (Å²) < 4.78 is 0. The molecule has 0 saturated carbocycles. The van der Waals surface area contributed by atoms with E-state index in [-0.39, 0.29) is 18.4 Å². The van der Waals surface area contributed by atoms with Crippen LogP contribution in [0, 0.1) is 6.92 Å². The van der Waals surface area contributed by atoms with Gasteiger partial charge in [0, 0.05) is 5.56 Å². The molecule has 1 aliphatic rings. The molecule has 0 aliphatic heterocycles. The summed E-state index contributed by atoms with van der Waals surface area (Å²) in [5.41, 5.74) is 11.0. The number of phenols is 1. The molecule has 1 aliphatic carbocycles. The molecule has 0 spiro atoms. The van der Waals surface area contributed by atoms with Crippen LogP contribution in [0.4, 0.5) is 0 Å². The Labute approximate surface area is 106 Å². The maximum atomic E-state index is 10.6. The number of hydrogen-bond acceptors (Lipinski definition) is 4. The number of primary amides is 1. The van der Waals surface area contributed by atoms with Crippen molar-refractivity contribution in [3.63, 3.8) is 0 Å². The van der Waals surface area contributed by atoms with E-state index in [1.807, 2.05) is 13.0 Å². The smallest absolute Gasteiger partial charge is 0.245 e. The van der Waals surface area contributed by atoms with Crippen LogP contribution in [-0.2, 0) is 9.63 Å². The number of amides is 1. The fraction of sp³-hybridized carbons (Fsp3) is 0.462. The summed E-state index contributed by atoms with van der Waals surface area (Å²) >= 11 is 0. The van der Waals surface area contributed by atoms with Crippen LogP contribution in [0.1, 0.15) is 42.0 Å². The number of nitrogens with two attached hydrogens (primary N) is 1. The third-order valence-corrected chi connectivity index (χ3v) is 3.35. The van der Waals surface area contributed by atoms with Crippen LogP contribution in [0.25, 0.3) is 0 Å². The lowest BCUT2D eigenvalue weighted by Gasteiger charge is -2.15. The first-order valence-electron chi connectivity index (χ1n) is 5.98. The van der Waals surface area contributed by atoms with E-state index in [4.69, 9.17) is 10.6 Å². The Balaban J connectivity index is 2.19. The lowest BCUT2D eigenvalue weighted by molar-refractivity contribution is -0.126. The van der Waals surface area contributed by atoms with Gasteiger partial charge in [0.05, 0.1) is 6.04 Å². The molecule has 0 heterocycles. The van der Waals surface area contributed by atoms with Crippen LogP contribution in [0.2, 0.25) is 0 Å². The van der Waals surface area contributed by atoms with Crippen molar-refractivity contribution in [1.29, 1.82) is 0 Å². The first-order chi connectivity index (χ1) is 8.50. The first kappa shape index (κ1) is 12.9. The largest absolute Gasteiger partial charge is 0.508 e. The van der Waals surface area contributed by atoms with E-state index in [0.29, 0.717) is 5.92 Å². The van der Waals surface area contributed by atoms with Gasteiger partial charge in [-0.1, -0.05) is 13.0 Å². The van der Waals surface area contributed by atoms with E-state index in [1.54, 1.807) is 6.07 Å². The van der Waals surface area contributed by atoms with E-state index in [1.165, 1.54) is 0 Å². The molecule has 5 heteroatoms. The van der Waals surface area contributed by atoms with Crippen molar-refractivity contribution in [3.05, 3.63) is 28.8 Å². The highest BCUT2D eigenvalue weighted by Gasteiger charge is 2.32. The van der Waals surface area contributed by atoms with Crippen molar-refractivity contribution < 1.29 is 14.7 Å².